The molecule has 0 saturated carbocycles. The molecule has 5 nitrogen and oxygen atoms in total. The van der Waals surface area contributed by atoms with Crippen molar-refractivity contribution in [1.29, 1.82) is 0 Å². The standard InChI is InChI=1S/C11H8N4OS/c16-10(15-9-2-1-3-13-9)8-4-7-5-12-6-14-11(7)17-8/h1-6,13H,(H,15,16). The molecule has 0 saturated heterocycles. The lowest BCUT2D eigenvalue weighted by molar-refractivity contribution is 0.103. The fraction of sp³-hybridized carbons (Fsp3) is 0. The van der Waals surface area contributed by atoms with Gasteiger partial charge in [-0.05, 0) is 18.2 Å². The molecule has 3 heterocycles. The van der Waals surface area contributed by atoms with Crippen LogP contribution in [0.4, 0.5) is 5.82 Å². The van der Waals surface area contributed by atoms with Crippen LogP contribution in [0.5, 0.6) is 0 Å². The van der Waals surface area contributed by atoms with Gasteiger partial charge in [0.05, 0.1) is 4.88 Å². The monoisotopic (exact) mass is 244 g/mol. The minimum absolute atomic E-state index is 0.143. The summed E-state index contributed by atoms with van der Waals surface area (Å²) in [6, 6.07) is 5.41. The Bertz CT molecular complexity index is 626. The van der Waals surface area contributed by atoms with Crippen LogP contribution in [0.15, 0.2) is 36.9 Å². The second-order valence-electron chi connectivity index (χ2n) is 3.43. The van der Waals surface area contributed by atoms with Gasteiger partial charge in [0.15, 0.2) is 0 Å². The molecule has 3 rings (SSSR count). The first-order valence-electron chi connectivity index (χ1n) is 4.97. The quantitative estimate of drug-likeness (QED) is 0.726. The molecule has 3 aromatic rings. The Balaban J connectivity index is 1.90. The van der Waals surface area contributed by atoms with Crippen LogP contribution >= 0.6 is 11.3 Å². The minimum Gasteiger partial charge on any atom is -0.348 e. The van der Waals surface area contributed by atoms with Gasteiger partial charge in [-0.1, -0.05) is 0 Å². The largest absolute Gasteiger partial charge is 0.348 e. The summed E-state index contributed by atoms with van der Waals surface area (Å²) in [6.45, 7) is 0. The Kier molecular flexibility index (Phi) is 2.34. The minimum atomic E-state index is -0.143. The molecule has 6 heteroatoms. The third-order valence-electron chi connectivity index (χ3n) is 2.27. The van der Waals surface area contributed by atoms with Gasteiger partial charge in [0.25, 0.3) is 5.91 Å². The van der Waals surface area contributed by atoms with Crippen LogP contribution in [0.2, 0.25) is 0 Å². The third-order valence-corrected chi connectivity index (χ3v) is 3.32. The van der Waals surface area contributed by atoms with E-state index in [-0.39, 0.29) is 5.91 Å². The fourth-order valence-electron chi connectivity index (χ4n) is 1.49. The van der Waals surface area contributed by atoms with E-state index in [1.54, 1.807) is 24.5 Å². The molecule has 3 aromatic heterocycles. The van der Waals surface area contributed by atoms with Gasteiger partial charge in [0, 0.05) is 17.8 Å². The molecule has 0 aliphatic rings. The van der Waals surface area contributed by atoms with Crippen molar-refractivity contribution in [2.24, 2.45) is 0 Å². The highest BCUT2D eigenvalue weighted by atomic mass is 32.1. The Labute approximate surface area is 101 Å². The van der Waals surface area contributed by atoms with Gasteiger partial charge >= 0.3 is 0 Å². The summed E-state index contributed by atoms with van der Waals surface area (Å²) in [5.41, 5.74) is 0. The molecule has 0 bridgehead atoms. The molecule has 17 heavy (non-hydrogen) atoms. The van der Waals surface area contributed by atoms with Crippen LogP contribution in [0, 0.1) is 0 Å². The lowest BCUT2D eigenvalue weighted by Gasteiger charge is -1.98. The van der Waals surface area contributed by atoms with Gasteiger partial charge in [-0.15, -0.1) is 11.3 Å². The Morgan fingerprint density at radius 3 is 3.18 bits per heavy atom. The number of aromatic nitrogens is 3. The van der Waals surface area contributed by atoms with E-state index in [1.165, 1.54) is 17.7 Å². The number of thiophene rings is 1. The second kappa shape index (κ2) is 3.99. The Morgan fingerprint density at radius 2 is 2.41 bits per heavy atom. The summed E-state index contributed by atoms with van der Waals surface area (Å²) in [5.74, 6) is 0.536. The molecule has 0 fully saturated rings. The van der Waals surface area contributed by atoms with E-state index in [1.807, 2.05) is 6.07 Å². The number of rotatable bonds is 2. The number of nitrogens with one attached hydrogen (secondary N) is 2. The number of carbonyl (C=O) groups is 1. The number of hydrogen-bond acceptors (Lipinski definition) is 4. The number of amides is 1. The third kappa shape index (κ3) is 1.90. The van der Waals surface area contributed by atoms with E-state index in [9.17, 15) is 4.79 Å². The van der Waals surface area contributed by atoms with Crippen LogP contribution in [0.3, 0.4) is 0 Å². The zero-order chi connectivity index (χ0) is 11.7. The van der Waals surface area contributed by atoms with Gasteiger partial charge in [0.2, 0.25) is 0 Å². The van der Waals surface area contributed by atoms with Crippen molar-refractivity contribution in [2.45, 2.75) is 0 Å². The molecular weight excluding hydrogens is 236 g/mol. The van der Waals surface area contributed by atoms with Crippen molar-refractivity contribution in [1.82, 2.24) is 15.0 Å². The van der Waals surface area contributed by atoms with E-state index in [0.717, 1.165) is 10.2 Å². The van der Waals surface area contributed by atoms with Crippen molar-refractivity contribution in [3.8, 4) is 0 Å². The van der Waals surface area contributed by atoms with Crippen molar-refractivity contribution < 1.29 is 4.79 Å². The Hall–Kier alpha value is -2.21. The zero-order valence-electron chi connectivity index (χ0n) is 8.68. The molecule has 0 spiro atoms. The summed E-state index contributed by atoms with van der Waals surface area (Å²) in [5, 5.41) is 3.65. The average molecular weight is 244 g/mol. The highest BCUT2D eigenvalue weighted by molar-refractivity contribution is 7.20. The van der Waals surface area contributed by atoms with Crippen molar-refractivity contribution >= 4 is 33.3 Å². The van der Waals surface area contributed by atoms with E-state index in [2.05, 4.69) is 20.3 Å². The van der Waals surface area contributed by atoms with Crippen LogP contribution in [-0.2, 0) is 0 Å². The van der Waals surface area contributed by atoms with Crippen molar-refractivity contribution in [2.75, 3.05) is 5.32 Å². The van der Waals surface area contributed by atoms with Crippen LogP contribution in [-0.4, -0.2) is 20.9 Å². The van der Waals surface area contributed by atoms with E-state index < -0.39 is 0 Å². The van der Waals surface area contributed by atoms with Gasteiger partial charge < -0.3 is 10.3 Å². The summed E-state index contributed by atoms with van der Waals surface area (Å²) < 4.78 is 0. The maximum absolute atomic E-state index is 11.9. The van der Waals surface area contributed by atoms with Crippen LogP contribution < -0.4 is 5.32 Å². The molecule has 1 amide bonds. The number of hydrogen-bond donors (Lipinski definition) is 2. The summed E-state index contributed by atoms with van der Waals surface area (Å²) in [4.78, 5) is 24.3. The van der Waals surface area contributed by atoms with Crippen LogP contribution in [0.25, 0.3) is 10.2 Å². The normalized spacial score (nSPS) is 10.6. The highest BCUT2D eigenvalue weighted by Gasteiger charge is 2.11. The van der Waals surface area contributed by atoms with E-state index >= 15 is 0 Å². The molecular formula is C11H8N4OS. The highest BCUT2D eigenvalue weighted by Crippen LogP contribution is 2.23. The maximum atomic E-state index is 11.9. The van der Waals surface area contributed by atoms with Gasteiger partial charge in [-0.25, -0.2) is 9.97 Å². The van der Waals surface area contributed by atoms with Gasteiger partial charge in [0.1, 0.15) is 17.0 Å². The van der Waals surface area contributed by atoms with Crippen molar-refractivity contribution in [3.63, 3.8) is 0 Å². The molecule has 0 aromatic carbocycles. The lowest BCUT2D eigenvalue weighted by atomic mass is 10.3. The smallest absolute Gasteiger partial charge is 0.266 e. The number of aromatic amines is 1. The number of fused-ring (bicyclic) bond motifs is 1. The second-order valence-corrected chi connectivity index (χ2v) is 4.46. The first kappa shape index (κ1) is 9.98. The predicted octanol–water partition coefficient (Wildman–Crippen LogP) is 2.27. The Morgan fingerprint density at radius 1 is 1.47 bits per heavy atom. The van der Waals surface area contributed by atoms with E-state index in [0.29, 0.717) is 10.7 Å². The fourth-order valence-corrected chi connectivity index (χ4v) is 2.36. The first-order chi connectivity index (χ1) is 8.33. The number of anilines is 1. The number of carbonyl (C=O) groups excluding carboxylic acids is 1. The number of nitrogens with zero attached hydrogens (tertiary/aromatic N) is 2. The summed E-state index contributed by atoms with van der Waals surface area (Å²) in [6.07, 6.45) is 4.93. The molecule has 0 aliphatic carbocycles. The lowest BCUT2D eigenvalue weighted by Crippen LogP contribution is -2.09. The van der Waals surface area contributed by atoms with Gasteiger partial charge in [-0.3, -0.25) is 4.79 Å². The van der Waals surface area contributed by atoms with Crippen LogP contribution in [0.1, 0.15) is 9.67 Å². The molecule has 2 N–H and O–H groups in total. The molecule has 0 atom stereocenters. The molecule has 84 valence electrons. The van der Waals surface area contributed by atoms with Crippen molar-refractivity contribution in [3.05, 3.63) is 41.8 Å². The van der Waals surface area contributed by atoms with E-state index in [4.69, 9.17) is 0 Å². The SMILES string of the molecule is O=C(Nc1ccc[nH]1)c1cc2cncnc2s1. The average Bonchev–Trinajstić information content (AvgIpc) is 2.96. The molecule has 0 unspecified atom stereocenters. The first-order valence-corrected chi connectivity index (χ1v) is 5.79. The summed E-state index contributed by atoms with van der Waals surface area (Å²) in [7, 11) is 0. The predicted molar refractivity (Wildman–Crippen MR) is 66.2 cm³/mol. The molecule has 0 radical (unpaired) electrons. The van der Waals surface area contributed by atoms with Gasteiger partial charge in [-0.2, -0.15) is 0 Å². The number of H-pyrrole nitrogens is 1. The topological polar surface area (TPSA) is 70.7 Å². The summed E-state index contributed by atoms with van der Waals surface area (Å²) >= 11 is 1.35. The molecule has 0 aliphatic heterocycles. The zero-order valence-corrected chi connectivity index (χ0v) is 9.49. The maximum Gasteiger partial charge on any atom is 0.266 e.